The summed E-state index contributed by atoms with van der Waals surface area (Å²) < 4.78 is 6.92. The van der Waals surface area contributed by atoms with Gasteiger partial charge in [0, 0.05) is 17.8 Å². The molecule has 2 N–H and O–H groups in total. The molecule has 122 valence electrons. The van der Waals surface area contributed by atoms with E-state index >= 15 is 0 Å². The standard InChI is InChI=1S/C16H19N3O4/c1-11(2)23-13-6-4-3-5-12(13)9-15(20)17-14-7-8-19(18-14)10-16(21)22/h3-8,11H,9-10H2,1-2H3,(H,21,22)(H,17,18,20). The van der Waals surface area contributed by atoms with Gasteiger partial charge in [0.1, 0.15) is 12.3 Å². The van der Waals surface area contributed by atoms with Crippen LogP contribution in [0, 0.1) is 0 Å². The lowest BCUT2D eigenvalue weighted by Crippen LogP contribution is -2.17. The maximum atomic E-state index is 12.1. The van der Waals surface area contributed by atoms with Gasteiger partial charge in [0.05, 0.1) is 12.5 Å². The minimum absolute atomic E-state index is 0.0194. The largest absolute Gasteiger partial charge is 0.491 e. The fourth-order valence-corrected chi connectivity index (χ4v) is 2.03. The van der Waals surface area contributed by atoms with E-state index in [1.165, 1.54) is 10.9 Å². The van der Waals surface area contributed by atoms with Crippen molar-refractivity contribution in [2.45, 2.75) is 32.9 Å². The normalized spacial score (nSPS) is 10.6. The number of ether oxygens (including phenoxy) is 1. The molecule has 0 radical (unpaired) electrons. The van der Waals surface area contributed by atoms with E-state index in [-0.39, 0.29) is 25.0 Å². The number of hydrogen-bond acceptors (Lipinski definition) is 4. The summed E-state index contributed by atoms with van der Waals surface area (Å²) >= 11 is 0. The van der Waals surface area contributed by atoms with Crippen LogP contribution in [0.4, 0.5) is 5.82 Å². The number of nitrogens with zero attached hydrogens (tertiary/aromatic N) is 2. The van der Waals surface area contributed by atoms with Gasteiger partial charge in [0.15, 0.2) is 5.82 Å². The van der Waals surface area contributed by atoms with Crippen LogP contribution in [0.15, 0.2) is 36.5 Å². The van der Waals surface area contributed by atoms with Crippen molar-refractivity contribution in [3.8, 4) is 5.75 Å². The average Bonchev–Trinajstić information content (AvgIpc) is 2.86. The molecule has 2 rings (SSSR count). The number of carbonyl (C=O) groups is 2. The van der Waals surface area contributed by atoms with Crippen LogP contribution in [0.5, 0.6) is 5.75 Å². The molecule has 1 aromatic heterocycles. The van der Waals surface area contributed by atoms with Crippen molar-refractivity contribution in [1.29, 1.82) is 0 Å². The molecule has 0 atom stereocenters. The second-order valence-electron chi connectivity index (χ2n) is 5.29. The monoisotopic (exact) mass is 317 g/mol. The van der Waals surface area contributed by atoms with E-state index in [0.717, 1.165) is 5.56 Å². The van der Waals surface area contributed by atoms with Gasteiger partial charge in [-0.2, -0.15) is 5.10 Å². The van der Waals surface area contributed by atoms with Gasteiger partial charge in [-0.1, -0.05) is 18.2 Å². The summed E-state index contributed by atoms with van der Waals surface area (Å²) in [5.41, 5.74) is 0.781. The summed E-state index contributed by atoms with van der Waals surface area (Å²) in [5.74, 6) is -0.247. The first-order chi connectivity index (χ1) is 10.9. The highest BCUT2D eigenvalue weighted by atomic mass is 16.5. The van der Waals surface area contributed by atoms with Crippen molar-refractivity contribution >= 4 is 17.7 Å². The number of rotatable bonds is 7. The maximum absolute atomic E-state index is 12.1. The molecule has 0 aliphatic rings. The third-order valence-electron chi connectivity index (χ3n) is 2.89. The first-order valence-corrected chi connectivity index (χ1v) is 7.23. The third kappa shape index (κ3) is 5.14. The molecule has 1 heterocycles. The van der Waals surface area contributed by atoms with E-state index in [1.807, 2.05) is 38.1 Å². The lowest BCUT2D eigenvalue weighted by Gasteiger charge is -2.13. The highest BCUT2D eigenvalue weighted by molar-refractivity contribution is 5.91. The van der Waals surface area contributed by atoms with Crippen LogP contribution in [0.1, 0.15) is 19.4 Å². The van der Waals surface area contributed by atoms with Crippen LogP contribution < -0.4 is 10.1 Å². The van der Waals surface area contributed by atoms with Crippen LogP contribution in [-0.4, -0.2) is 32.9 Å². The van der Waals surface area contributed by atoms with E-state index in [2.05, 4.69) is 10.4 Å². The van der Waals surface area contributed by atoms with Gasteiger partial charge >= 0.3 is 5.97 Å². The summed E-state index contributed by atoms with van der Waals surface area (Å²) in [6.07, 6.45) is 1.67. The fraction of sp³-hybridized carbons (Fsp3) is 0.312. The van der Waals surface area contributed by atoms with E-state index in [9.17, 15) is 9.59 Å². The van der Waals surface area contributed by atoms with E-state index in [0.29, 0.717) is 11.6 Å². The Bertz CT molecular complexity index is 694. The van der Waals surface area contributed by atoms with Gasteiger partial charge in [-0.25, -0.2) is 0 Å². The van der Waals surface area contributed by atoms with Gasteiger partial charge in [0.2, 0.25) is 5.91 Å². The number of amides is 1. The second-order valence-corrected chi connectivity index (χ2v) is 5.29. The average molecular weight is 317 g/mol. The number of aliphatic carboxylic acids is 1. The fourth-order valence-electron chi connectivity index (χ4n) is 2.03. The number of para-hydroxylation sites is 1. The van der Waals surface area contributed by atoms with Crippen molar-refractivity contribution in [2.24, 2.45) is 0 Å². The molecule has 7 heteroatoms. The SMILES string of the molecule is CC(C)Oc1ccccc1CC(=O)Nc1ccn(CC(=O)O)n1. The minimum Gasteiger partial charge on any atom is -0.491 e. The Hall–Kier alpha value is -2.83. The Morgan fingerprint density at radius 3 is 2.74 bits per heavy atom. The van der Waals surface area contributed by atoms with Crippen LogP contribution in [-0.2, 0) is 22.6 Å². The molecule has 23 heavy (non-hydrogen) atoms. The quantitative estimate of drug-likeness (QED) is 0.814. The number of hydrogen-bond donors (Lipinski definition) is 2. The minimum atomic E-state index is -0.995. The zero-order chi connectivity index (χ0) is 16.8. The Morgan fingerprint density at radius 1 is 1.30 bits per heavy atom. The summed E-state index contributed by atoms with van der Waals surface area (Å²) in [4.78, 5) is 22.7. The number of aromatic nitrogens is 2. The van der Waals surface area contributed by atoms with Gasteiger partial charge in [-0.15, -0.1) is 0 Å². The first kappa shape index (κ1) is 16.5. The van der Waals surface area contributed by atoms with Crippen molar-refractivity contribution in [2.75, 3.05) is 5.32 Å². The van der Waals surface area contributed by atoms with Crippen molar-refractivity contribution in [1.82, 2.24) is 9.78 Å². The van der Waals surface area contributed by atoms with E-state index in [4.69, 9.17) is 9.84 Å². The molecule has 0 aliphatic heterocycles. The smallest absolute Gasteiger partial charge is 0.325 e. The molecule has 0 bridgehead atoms. The number of carboxylic acids is 1. The first-order valence-electron chi connectivity index (χ1n) is 7.23. The molecule has 0 unspecified atom stereocenters. The molecule has 1 amide bonds. The Morgan fingerprint density at radius 2 is 2.04 bits per heavy atom. The summed E-state index contributed by atoms with van der Waals surface area (Å²) in [6.45, 7) is 3.60. The van der Waals surface area contributed by atoms with E-state index < -0.39 is 5.97 Å². The van der Waals surface area contributed by atoms with Crippen LogP contribution in [0.25, 0.3) is 0 Å². The molecule has 0 saturated carbocycles. The zero-order valence-electron chi connectivity index (χ0n) is 13.0. The maximum Gasteiger partial charge on any atom is 0.325 e. The zero-order valence-corrected chi connectivity index (χ0v) is 13.0. The highest BCUT2D eigenvalue weighted by Gasteiger charge is 2.11. The number of benzene rings is 1. The van der Waals surface area contributed by atoms with Crippen LogP contribution in [0.3, 0.4) is 0 Å². The van der Waals surface area contributed by atoms with Gasteiger partial charge < -0.3 is 15.2 Å². The lowest BCUT2D eigenvalue weighted by atomic mass is 10.1. The Labute approximate surface area is 133 Å². The summed E-state index contributed by atoms with van der Waals surface area (Å²) in [6, 6.07) is 8.91. The van der Waals surface area contributed by atoms with Crippen LogP contribution in [0.2, 0.25) is 0 Å². The topological polar surface area (TPSA) is 93.5 Å². The Kier molecular flexibility index (Phi) is 5.35. The van der Waals surface area contributed by atoms with Gasteiger partial charge in [-0.05, 0) is 19.9 Å². The predicted octanol–water partition coefficient (Wildman–Crippen LogP) is 1.94. The molecular weight excluding hydrogens is 298 g/mol. The number of carbonyl (C=O) groups excluding carboxylic acids is 1. The van der Waals surface area contributed by atoms with Crippen molar-refractivity contribution in [3.63, 3.8) is 0 Å². The third-order valence-corrected chi connectivity index (χ3v) is 2.89. The van der Waals surface area contributed by atoms with Crippen molar-refractivity contribution < 1.29 is 19.4 Å². The molecule has 0 saturated heterocycles. The molecule has 2 aromatic rings. The van der Waals surface area contributed by atoms with Gasteiger partial charge in [-0.3, -0.25) is 14.3 Å². The number of anilines is 1. The summed E-state index contributed by atoms with van der Waals surface area (Å²) in [5, 5.41) is 15.3. The Balaban J connectivity index is 2.00. The predicted molar refractivity (Wildman–Crippen MR) is 84.4 cm³/mol. The molecule has 1 aromatic carbocycles. The highest BCUT2D eigenvalue weighted by Crippen LogP contribution is 2.20. The van der Waals surface area contributed by atoms with E-state index in [1.54, 1.807) is 6.07 Å². The molecule has 7 nitrogen and oxygen atoms in total. The number of nitrogens with one attached hydrogen (secondary N) is 1. The van der Waals surface area contributed by atoms with Crippen molar-refractivity contribution in [3.05, 3.63) is 42.1 Å². The lowest BCUT2D eigenvalue weighted by molar-refractivity contribution is -0.137. The molecule has 0 fully saturated rings. The second kappa shape index (κ2) is 7.44. The molecule has 0 spiro atoms. The molecule has 0 aliphatic carbocycles. The molecular formula is C16H19N3O4. The van der Waals surface area contributed by atoms with Gasteiger partial charge in [0.25, 0.3) is 0 Å². The number of carboxylic acid groups (broad SMARTS) is 1. The van der Waals surface area contributed by atoms with Crippen LogP contribution >= 0.6 is 0 Å². The summed E-state index contributed by atoms with van der Waals surface area (Å²) in [7, 11) is 0.